The molecule has 0 amide bonds. The van der Waals surface area contributed by atoms with Crippen LogP contribution in [-0.2, 0) is 0 Å². The van der Waals surface area contributed by atoms with Crippen molar-refractivity contribution in [3.05, 3.63) is 30.4 Å². The van der Waals surface area contributed by atoms with Gasteiger partial charge in [-0.15, -0.1) is 12.4 Å². The molecule has 0 radical (unpaired) electrons. The quantitative estimate of drug-likeness (QED) is 0.904. The van der Waals surface area contributed by atoms with E-state index < -0.39 is 0 Å². The lowest BCUT2D eigenvalue weighted by Gasteiger charge is -2.19. The second kappa shape index (κ2) is 5.93. The van der Waals surface area contributed by atoms with Gasteiger partial charge in [-0.1, -0.05) is 11.6 Å². The van der Waals surface area contributed by atoms with Gasteiger partial charge in [0, 0.05) is 18.0 Å². The van der Waals surface area contributed by atoms with Gasteiger partial charge in [-0.05, 0) is 31.5 Å². The highest BCUT2D eigenvalue weighted by atomic mass is 35.5. The minimum Gasteiger partial charge on any atom is -0.337 e. The van der Waals surface area contributed by atoms with E-state index in [0.717, 1.165) is 18.5 Å². The lowest BCUT2D eigenvalue weighted by molar-refractivity contribution is 0.297. The lowest BCUT2D eigenvalue weighted by Crippen LogP contribution is -2.26. The first-order valence-corrected chi connectivity index (χ1v) is 5.91. The molecule has 3 rings (SSSR count). The van der Waals surface area contributed by atoms with Crippen molar-refractivity contribution in [1.82, 2.24) is 20.4 Å². The van der Waals surface area contributed by atoms with Crippen LogP contribution in [-0.4, -0.2) is 21.7 Å². The van der Waals surface area contributed by atoms with Gasteiger partial charge in [-0.3, -0.25) is 4.98 Å². The molecule has 1 aliphatic heterocycles. The Hall–Kier alpha value is -1.46. The summed E-state index contributed by atoms with van der Waals surface area (Å²) in [5.41, 5.74) is 0.887. The normalized spacial score (nSPS) is 19.2. The third-order valence-corrected chi connectivity index (χ3v) is 2.97. The van der Waals surface area contributed by atoms with Gasteiger partial charge in [0.15, 0.2) is 0 Å². The summed E-state index contributed by atoms with van der Waals surface area (Å²) in [6.45, 7) is 1.02. The van der Waals surface area contributed by atoms with E-state index in [4.69, 9.17) is 4.52 Å². The van der Waals surface area contributed by atoms with Gasteiger partial charge >= 0.3 is 0 Å². The first-order valence-electron chi connectivity index (χ1n) is 5.91. The molecule has 1 N–H and O–H groups in total. The Bertz CT molecular complexity index is 482. The summed E-state index contributed by atoms with van der Waals surface area (Å²) in [7, 11) is 0. The zero-order valence-electron chi connectivity index (χ0n) is 9.87. The maximum atomic E-state index is 5.31. The van der Waals surface area contributed by atoms with Crippen LogP contribution in [0.25, 0.3) is 11.4 Å². The summed E-state index contributed by atoms with van der Waals surface area (Å²) >= 11 is 0. The zero-order chi connectivity index (χ0) is 11.5. The molecule has 2 aromatic rings. The van der Waals surface area contributed by atoms with Gasteiger partial charge in [0.2, 0.25) is 11.7 Å². The van der Waals surface area contributed by atoms with Gasteiger partial charge in [0.1, 0.15) is 0 Å². The van der Waals surface area contributed by atoms with Crippen molar-refractivity contribution in [2.75, 3.05) is 6.54 Å². The van der Waals surface area contributed by atoms with Gasteiger partial charge in [-0.25, -0.2) is 0 Å². The van der Waals surface area contributed by atoms with Crippen molar-refractivity contribution in [2.45, 2.75) is 25.3 Å². The number of hydrogen-bond acceptors (Lipinski definition) is 5. The van der Waals surface area contributed by atoms with Crippen LogP contribution in [0.15, 0.2) is 29.0 Å². The Balaban J connectivity index is 0.00000120. The third-order valence-electron chi connectivity index (χ3n) is 2.97. The molecule has 1 atom stereocenters. The van der Waals surface area contributed by atoms with Crippen molar-refractivity contribution >= 4 is 12.4 Å². The van der Waals surface area contributed by atoms with Crippen molar-refractivity contribution in [3.63, 3.8) is 0 Å². The second-order valence-electron chi connectivity index (χ2n) is 4.20. The van der Waals surface area contributed by atoms with E-state index in [1.165, 1.54) is 12.8 Å². The summed E-state index contributed by atoms with van der Waals surface area (Å²) in [6.07, 6.45) is 6.97. The summed E-state index contributed by atoms with van der Waals surface area (Å²) < 4.78 is 5.31. The van der Waals surface area contributed by atoms with E-state index in [-0.39, 0.29) is 18.4 Å². The molecule has 3 heterocycles. The van der Waals surface area contributed by atoms with Crippen LogP contribution in [0.5, 0.6) is 0 Å². The van der Waals surface area contributed by atoms with Crippen LogP contribution in [0, 0.1) is 0 Å². The average Bonchev–Trinajstić information content (AvgIpc) is 2.90. The molecule has 0 unspecified atom stereocenters. The SMILES string of the molecule is Cl.c1cncc(-c2noc([C@H]3CCCCN3)n2)c1. The maximum absolute atomic E-state index is 5.31. The molecule has 1 fully saturated rings. The number of nitrogens with one attached hydrogen (secondary N) is 1. The van der Waals surface area contributed by atoms with Crippen LogP contribution < -0.4 is 5.32 Å². The summed E-state index contributed by atoms with van der Waals surface area (Å²) in [4.78, 5) is 8.47. The highest BCUT2D eigenvalue weighted by Crippen LogP contribution is 2.23. The fourth-order valence-electron chi connectivity index (χ4n) is 2.05. The number of piperidine rings is 1. The fraction of sp³-hybridized carbons (Fsp3) is 0.417. The van der Waals surface area contributed by atoms with E-state index >= 15 is 0 Å². The van der Waals surface area contributed by atoms with Gasteiger partial charge in [-0.2, -0.15) is 4.98 Å². The predicted octanol–water partition coefficient (Wildman–Crippen LogP) is 2.37. The van der Waals surface area contributed by atoms with Crippen LogP contribution in [0.4, 0.5) is 0 Å². The van der Waals surface area contributed by atoms with Crippen molar-refractivity contribution < 1.29 is 4.52 Å². The minimum absolute atomic E-state index is 0. The molecule has 5 nitrogen and oxygen atoms in total. The molecule has 0 aliphatic carbocycles. The minimum atomic E-state index is 0. The number of hydrogen-bond donors (Lipinski definition) is 1. The Morgan fingerprint density at radius 2 is 2.28 bits per heavy atom. The molecule has 0 spiro atoms. The van der Waals surface area contributed by atoms with E-state index in [1.807, 2.05) is 12.1 Å². The first-order chi connectivity index (χ1) is 8.43. The Morgan fingerprint density at radius 1 is 1.33 bits per heavy atom. The molecule has 6 heteroatoms. The molecule has 0 bridgehead atoms. The van der Waals surface area contributed by atoms with E-state index in [9.17, 15) is 0 Å². The smallest absolute Gasteiger partial charge is 0.244 e. The predicted molar refractivity (Wildman–Crippen MR) is 69.4 cm³/mol. The zero-order valence-corrected chi connectivity index (χ0v) is 10.7. The van der Waals surface area contributed by atoms with Gasteiger partial charge in [0.25, 0.3) is 0 Å². The third kappa shape index (κ3) is 2.68. The number of pyridine rings is 1. The van der Waals surface area contributed by atoms with Crippen LogP contribution >= 0.6 is 12.4 Å². The largest absolute Gasteiger partial charge is 0.337 e. The van der Waals surface area contributed by atoms with E-state index in [1.54, 1.807) is 12.4 Å². The summed E-state index contributed by atoms with van der Waals surface area (Å²) in [5.74, 6) is 1.30. The Kier molecular flexibility index (Phi) is 4.28. The number of aromatic nitrogens is 3. The van der Waals surface area contributed by atoms with E-state index in [2.05, 4.69) is 20.4 Å². The van der Waals surface area contributed by atoms with Crippen molar-refractivity contribution in [2.24, 2.45) is 0 Å². The lowest BCUT2D eigenvalue weighted by atomic mass is 10.1. The Morgan fingerprint density at radius 3 is 3.00 bits per heavy atom. The summed E-state index contributed by atoms with van der Waals surface area (Å²) in [5, 5.41) is 7.38. The van der Waals surface area contributed by atoms with Crippen LogP contribution in [0.3, 0.4) is 0 Å². The number of nitrogens with zero attached hydrogens (tertiary/aromatic N) is 3. The molecule has 96 valence electrons. The van der Waals surface area contributed by atoms with Crippen molar-refractivity contribution in [1.29, 1.82) is 0 Å². The molecule has 1 saturated heterocycles. The van der Waals surface area contributed by atoms with Gasteiger partial charge < -0.3 is 9.84 Å². The van der Waals surface area contributed by atoms with Gasteiger partial charge in [0.05, 0.1) is 6.04 Å². The van der Waals surface area contributed by atoms with E-state index in [0.29, 0.717) is 11.7 Å². The molecule has 18 heavy (non-hydrogen) atoms. The Labute approximate surface area is 111 Å². The van der Waals surface area contributed by atoms with Crippen molar-refractivity contribution in [3.8, 4) is 11.4 Å². The highest BCUT2D eigenvalue weighted by molar-refractivity contribution is 5.85. The molecule has 2 aromatic heterocycles. The molecular formula is C12H15ClN4O. The standard InChI is InChI=1S/C12H14N4O.ClH/c1-2-7-14-10(5-1)12-15-11(16-17-12)9-4-3-6-13-8-9;/h3-4,6,8,10,14H,1-2,5,7H2;1H/t10-;/m1./s1. The molecule has 0 aromatic carbocycles. The number of rotatable bonds is 2. The topological polar surface area (TPSA) is 63.8 Å². The average molecular weight is 267 g/mol. The second-order valence-corrected chi connectivity index (χ2v) is 4.20. The van der Waals surface area contributed by atoms with Crippen LogP contribution in [0.2, 0.25) is 0 Å². The molecule has 0 saturated carbocycles. The molecular weight excluding hydrogens is 252 g/mol. The monoisotopic (exact) mass is 266 g/mol. The fourth-order valence-corrected chi connectivity index (χ4v) is 2.05. The summed E-state index contributed by atoms with van der Waals surface area (Å²) in [6, 6.07) is 4.00. The maximum Gasteiger partial charge on any atom is 0.244 e. The number of halogens is 1. The van der Waals surface area contributed by atoms with Crippen LogP contribution in [0.1, 0.15) is 31.2 Å². The molecule has 1 aliphatic rings. The highest BCUT2D eigenvalue weighted by Gasteiger charge is 2.21. The first kappa shape index (κ1) is 13.0.